The largest absolute Gasteiger partial charge is 0.395 e. The van der Waals surface area contributed by atoms with Crippen molar-refractivity contribution in [1.29, 1.82) is 0 Å². The molecule has 0 saturated carbocycles. The molecule has 0 aliphatic carbocycles. The van der Waals surface area contributed by atoms with E-state index in [0.717, 1.165) is 18.5 Å². The van der Waals surface area contributed by atoms with Crippen LogP contribution in [0.1, 0.15) is 48.8 Å². The lowest BCUT2D eigenvalue weighted by molar-refractivity contribution is 0.0694. The topological polar surface area (TPSA) is 93.0 Å². The molecule has 0 atom stereocenters. The second-order valence-corrected chi connectivity index (χ2v) is 4.91. The number of carbonyl (C=O) groups excluding carboxylic acids is 1. The van der Waals surface area contributed by atoms with Crippen molar-refractivity contribution in [2.24, 2.45) is 0 Å². The minimum atomic E-state index is -0.206. The molecule has 1 aromatic heterocycles. The first-order chi connectivity index (χ1) is 8.59. The van der Waals surface area contributed by atoms with Gasteiger partial charge in [0, 0.05) is 19.3 Å². The summed E-state index contributed by atoms with van der Waals surface area (Å²) < 4.78 is 5.25. The van der Waals surface area contributed by atoms with Crippen LogP contribution in [0.25, 0.3) is 0 Å². The van der Waals surface area contributed by atoms with Gasteiger partial charge in [-0.15, -0.1) is 0 Å². The van der Waals surface area contributed by atoms with Crippen molar-refractivity contribution in [3.8, 4) is 0 Å². The van der Waals surface area contributed by atoms with E-state index in [2.05, 4.69) is 15.5 Å². The van der Waals surface area contributed by atoms with E-state index in [1.807, 2.05) is 13.8 Å². The number of carbonyl (C=O) groups is 1. The Balaban J connectivity index is 2.04. The highest BCUT2D eigenvalue weighted by Crippen LogP contribution is 2.22. The van der Waals surface area contributed by atoms with E-state index in [9.17, 15) is 4.79 Å². The van der Waals surface area contributed by atoms with E-state index >= 15 is 0 Å². The number of nitrogens with zero attached hydrogens (tertiary/aromatic N) is 1. The minimum Gasteiger partial charge on any atom is -0.395 e. The summed E-state index contributed by atoms with van der Waals surface area (Å²) in [6, 6.07) is 0.157. The highest BCUT2D eigenvalue weighted by Gasteiger charge is 2.22. The molecule has 1 aliphatic rings. The summed E-state index contributed by atoms with van der Waals surface area (Å²) in [6.07, 6.45) is 1.68. The lowest BCUT2D eigenvalue weighted by Gasteiger charge is -2.22. The van der Waals surface area contributed by atoms with Crippen molar-refractivity contribution in [3.63, 3.8) is 0 Å². The monoisotopic (exact) mass is 252 g/mol. The van der Waals surface area contributed by atoms with Gasteiger partial charge in [0.2, 0.25) is 0 Å². The van der Waals surface area contributed by atoms with Gasteiger partial charge in [0.25, 0.3) is 5.91 Å². The van der Waals surface area contributed by atoms with Gasteiger partial charge < -0.3 is 15.8 Å². The van der Waals surface area contributed by atoms with Crippen molar-refractivity contribution in [2.75, 3.05) is 18.9 Å². The van der Waals surface area contributed by atoms with E-state index in [4.69, 9.17) is 10.5 Å². The third kappa shape index (κ3) is 2.64. The van der Waals surface area contributed by atoms with Crippen molar-refractivity contribution < 1.29 is 9.53 Å². The number of nitrogens with one attached hydrogen (secondary N) is 2. The number of aromatic amines is 1. The van der Waals surface area contributed by atoms with Gasteiger partial charge in [0.1, 0.15) is 0 Å². The zero-order chi connectivity index (χ0) is 13.1. The van der Waals surface area contributed by atoms with Gasteiger partial charge in [-0.05, 0) is 18.8 Å². The number of nitrogen functional groups attached to an aromatic ring is 1. The summed E-state index contributed by atoms with van der Waals surface area (Å²) in [5.74, 6) is 0.0182. The maximum Gasteiger partial charge on any atom is 0.274 e. The van der Waals surface area contributed by atoms with Crippen LogP contribution in [0.3, 0.4) is 0 Å². The lowest BCUT2D eigenvalue weighted by atomic mass is 10.1. The SMILES string of the molecule is CC(C)c1[nH]nc(C(=O)NC2CCOCC2)c1N. The standard InChI is InChI=1S/C12H20N4O2/c1-7(2)10-9(13)11(16-15-10)12(17)14-8-3-5-18-6-4-8/h7-8H,3-6,13H2,1-2H3,(H,14,17)(H,15,16). The van der Waals surface area contributed by atoms with Crippen LogP contribution in [0.15, 0.2) is 0 Å². The molecule has 100 valence electrons. The van der Waals surface area contributed by atoms with Crippen LogP contribution in [-0.2, 0) is 4.74 Å². The predicted molar refractivity (Wildman–Crippen MR) is 68.4 cm³/mol. The van der Waals surface area contributed by atoms with E-state index in [1.165, 1.54) is 0 Å². The van der Waals surface area contributed by atoms with Crippen LogP contribution in [0.2, 0.25) is 0 Å². The Hall–Kier alpha value is -1.56. The average Bonchev–Trinajstić information content (AvgIpc) is 2.72. The van der Waals surface area contributed by atoms with E-state index in [-0.39, 0.29) is 17.9 Å². The second kappa shape index (κ2) is 5.39. The first kappa shape index (κ1) is 12.9. The van der Waals surface area contributed by atoms with Crippen LogP contribution < -0.4 is 11.1 Å². The van der Waals surface area contributed by atoms with Crippen LogP contribution in [0.5, 0.6) is 0 Å². The van der Waals surface area contributed by atoms with Crippen molar-refractivity contribution in [3.05, 3.63) is 11.4 Å². The number of hydrogen-bond donors (Lipinski definition) is 3. The molecule has 1 aliphatic heterocycles. The van der Waals surface area contributed by atoms with Crippen LogP contribution in [0, 0.1) is 0 Å². The van der Waals surface area contributed by atoms with Gasteiger partial charge in [-0.25, -0.2) is 0 Å². The zero-order valence-corrected chi connectivity index (χ0v) is 10.8. The molecule has 0 spiro atoms. The van der Waals surface area contributed by atoms with E-state index < -0.39 is 0 Å². The molecule has 2 heterocycles. The molecule has 6 nitrogen and oxygen atoms in total. The third-order valence-electron chi connectivity index (χ3n) is 3.18. The second-order valence-electron chi connectivity index (χ2n) is 4.91. The van der Waals surface area contributed by atoms with Crippen molar-refractivity contribution >= 4 is 11.6 Å². The lowest BCUT2D eigenvalue weighted by Crippen LogP contribution is -2.39. The van der Waals surface area contributed by atoms with Crippen molar-refractivity contribution in [2.45, 2.75) is 38.6 Å². The van der Waals surface area contributed by atoms with Crippen LogP contribution in [0.4, 0.5) is 5.69 Å². The summed E-state index contributed by atoms with van der Waals surface area (Å²) in [7, 11) is 0. The fraction of sp³-hybridized carbons (Fsp3) is 0.667. The average molecular weight is 252 g/mol. The molecule has 0 bridgehead atoms. The maximum absolute atomic E-state index is 12.1. The predicted octanol–water partition coefficient (Wildman–Crippen LogP) is 1.02. The summed E-state index contributed by atoms with van der Waals surface area (Å²) in [5.41, 5.74) is 7.49. The number of ether oxygens (including phenoxy) is 1. The fourth-order valence-electron chi connectivity index (χ4n) is 2.07. The van der Waals surface area contributed by atoms with Gasteiger partial charge in [-0.3, -0.25) is 9.89 Å². The number of anilines is 1. The third-order valence-corrected chi connectivity index (χ3v) is 3.18. The first-order valence-electron chi connectivity index (χ1n) is 6.32. The summed E-state index contributed by atoms with van der Waals surface area (Å²) >= 11 is 0. The quantitative estimate of drug-likeness (QED) is 0.749. The maximum atomic E-state index is 12.1. The molecular formula is C12H20N4O2. The normalized spacial score (nSPS) is 17.1. The van der Waals surface area contributed by atoms with Crippen LogP contribution in [-0.4, -0.2) is 35.4 Å². The molecular weight excluding hydrogens is 232 g/mol. The zero-order valence-electron chi connectivity index (χ0n) is 10.8. The molecule has 0 radical (unpaired) electrons. The number of rotatable bonds is 3. The van der Waals surface area contributed by atoms with Crippen molar-refractivity contribution in [1.82, 2.24) is 15.5 Å². The smallest absolute Gasteiger partial charge is 0.274 e. The molecule has 1 aromatic rings. The number of nitrogens with two attached hydrogens (primary N) is 1. The Morgan fingerprint density at radius 3 is 2.72 bits per heavy atom. The van der Waals surface area contributed by atoms with E-state index in [1.54, 1.807) is 0 Å². The molecule has 18 heavy (non-hydrogen) atoms. The van der Waals surface area contributed by atoms with Crippen LogP contribution >= 0.6 is 0 Å². The highest BCUT2D eigenvalue weighted by atomic mass is 16.5. The molecule has 0 unspecified atom stereocenters. The van der Waals surface area contributed by atoms with Gasteiger partial charge >= 0.3 is 0 Å². The van der Waals surface area contributed by atoms with Gasteiger partial charge in [-0.1, -0.05) is 13.8 Å². The molecule has 6 heteroatoms. The van der Waals surface area contributed by atoms with Gasteiger partial charge in [0.05, 0.1) is 11.4 Å². The number of H-pyrrole nitrogens is 1. The Kier molecular flexibility index (Phi) is 3.86. The number of amides is 1. The molecule has 0 aromatic carbocycles. The Labute approximate surface area is 106 Å². The Bertz CT molecular complexity index is 422. The summed E-state index contributed by atoms with van der Waals surface area (Å²) in [6.45, 7) is 5.39. The van der Waals surface area contributed by atoms with Gasteiger partial charge in [-0.2, -0.15) is 5.10 Å². The summed E-state index contributed by atoms with van der Waals surface area (Å²) in [4.78, 5) is 12.1. The molecule has 1 amide bonds. The first-order valence-corrected chi connectivity index (χ1v) is 6.32. The Morgan fingerprint density at radius 2 is 2.17 bits per heavy atom. The molecule has 2 rings (SSSR count). The highest BCUT2D eigenvalue weighted by molar-refractivity contribution is 5.97. The fourth-order valence-corrected chi connectivity index (χ4v) is 2.07. The number of aromatic nitrogens is 2. The molecule has 1 saturated heterocycles. The summed E-state index contributed by atoms with van der Waals surface area (Å²) in [5, 5.41) is 9.79. The minimum absolute atomic E-state index is 0.157. The van der Waals surface area contributed by atoms with Gasteiger partial charge in [0.15, 0.2) is 5.69 Å². The molecule has 1 fully saturated rings. The number of hydrogen-bond acceptors (Lipinski definition) is 4. The van der Waals surface area contributed by atoms with E-state index in [0.29, 0.717) is 24.6 Å². The Morgan fingerprint density at radius 1 is 1.50 bits per heavy atom. The molecule has 4 N–H and O–H groups in total.